The molecule has 4 nitrogen and oxygen atoms in total. The monoisotopic (exact) mass is 218 g/mol. The zero-order valence-electron chi connectivity index (χ0n) is 9.03. The van der Waals surface area contributed by atoms with Crippen LogP contribution in [0, 0.1) is 6.92 Å². The molecule has 1 aromatic carbocycles. The minimum atomic E-state index is -0.966. The van der Waals surface area contributed by atoms with Crippen LogP contribution in [-0.2, 0) is 11.2 Å². The van der Waals surface area contributed by atoms with Gasteiger partial charge in [-0.2, -0.15) is 0 Å². The summed E-state index contributed by atoms with van der Waals surface area (Å²) in [6.45, 7) is 1.99. The molecule has 4 heteroatoms. The standard InChI is InChI=1S/C12H14N2O2/c1-7-4-8(6-10(13)12(15)16)5-9-2-3-14-11(7)9/h2-5,10,14H,6,13H2,1H3,(H,15,16). The Bertz CT molecular complexity index is 531. The molecule has 0 bridgehead atoms. The maximum Gasteiger partial charge on any atom is 0.320 e. The van der Waals surface area contributed by atoms with Crippen molar-refractivity contribution in [1.82, 2.24) is 4.98 Å². The molecule has 0 saturated heterocycles. The van der Waals surface area contributed by atoms with Crippen LogP contribution in [0.3, 0.4) is 0 Å². The Hall–Kier alpha value is -1.81. The summed E-state index contributed by atoms with van der Waals surface area (Å²) in [6.07, 6.45) is 2.23. The number of aryl methyl sites for hydroxylation is 1. The van der Waals surface area contributed by atoms with E-state index in [1.54, 1.807) is 0 Å². The molecule has 1 atom stereocenters. The SMILES string of the molecule is Cc1cc(CC(N)C(=O)O)cc2cc[nH]c12. The third-order valence-electron chi connectivity index (χ3n) is 2.69. The number of carboxylic acids is 1. The summed E-state index contributed by atoms with van der Waals surface area (Å²) in [7, 11) is 0. The summed E-state index contributed by atoms with van der Waals surface area (Å²) < 4.78 is 0. The molecule has 0 aliphatic rings. The van der Waals surface area contributed by atoms with Gasteiger partial charge in [0.2, 0.25) is 0 Å². The van der Waals surface area contributed by atoms with Crippen LogP contribution in [0.5, 0.6) is 0 Å². The predicted octanol–water partition coefficient (Wildman–Crippen LogP) is 1.43. The topological polar surface area (TPSA) is 79.1 Å². The summed E-state index contributed by atoms with van der Waals surface area (Å²) in [6, 6.07) is 5.08. The van der Waals surface area contributed by atoms with Crippen molar-refractivity contribution in [2.24, 2.45) is 5.73 Å². The van der Waals surface area contributed by atoms with E-state index in [4.69, 9.17) is 10.8 Å². The first kappa shape index (κ1) is 10.7. The second-order valence-corrected chi connectivity index (χ2v) is 4.00. The van der Waals surface area contributed by atoms with Crippen molar-refractivity contribution < 1.29 is 9.90 Å². The minimum absolute atomic E-state index is 0.358. The largest absolute Gasteiger partial charge is 0.480 e. The van der Waals surface area contributed by atoms with Crippen LogP contribution in [0.1, 0.15) is 11.1 Å². The van der Waals surface area contributed by atoms with Crippen LogP contribution in [0.25, 0.3) is 10.9 Å². The smallest absolute Gasteiger partial charge is 0.320 e. The molecule has 0 amide bonds. The Labute approximate surface area is 93.1 Å². The number of nitrogens with two attached hydrogens (primary N) is 1. The van der Waals surface area contributed by atoms with Gasteiger partial charge in [-0.25, -0.2) is 0 Å². The first-order valence-electron chi connectivity index (χ1n) is 5.13. The highest BCUT2D eigenvalue weighted by Gasteiger charge is 2.13. The average Bonchev–Trinajstić information content (AvgIpc) is 2.65. The molecule has 0 spiro atoms. The number of carboxylic acid groups (broad SMARTS) is 1. The van der Waals surface area contributed by atoms with E-state index in [0.29, 0.717) is 6.42 Å². The lowest BCUT2D eigenvalue weighted by Crippen LogP contribution is -2.32. The van der Waals surface area contributed by atoms with Gasteiger partial charge >= 0.3 is 5.97 Å². The number of hydrogen-bond donors (Lipinski definition) is 3. The van der Waals surface area contributed by atoms with Gasteiger partial charge in [-0.15, -0.1) is 0 Å². The first-order valence-corrected chi connectivity index (χ1v) is 5.13. The highest BCUT2D eigenvalue weighted by Crippen LogP contribution is 2.19. The minimum Gasteiger partial charge on any atom is -0.480 e. The quantitative estimate of drug-likeness (QED) is 0.729. The van der Waals surface area contributed by atoms with Crippen LogP contribution in [0.4, 0.5) is 0 Å². The van der Waals surface area contributed by atoms with Crippen LogP contribution in [0.15, 0.2) is 24.4 Å². The molecule has 0 radical (unpaired) electrons. The zero-order valence-corrected chi connectivity index (χ0v) is 9.03. The molecule has 1 unspecified atom stereocenters. The molecule has 0 aliphatic heterocycles. The van der Waals surface area contributed by atoms with E-state index in [0.717, 1.165) is 22.0 Å². The number of hydrogen-bond acceptors (Lipinski definition) is 2. The van der Waals surface area contributed by atoms with E-state index in [1.165, 1.54) is 0 Å². The van der Waals surface area contributed by atoms with Crippen LogP contribution >= 0.6 is 0 Å². The predicted molar refractivity (Wildman–Crippen MR) is 62.4 cm³/mol. The van der Waals surface area contributed by atoms with Crippen molar-refractivity contribution in [2.45, 2.75) is 19.4 Å². The number of aromatic amines is 1. The number of fused-ring (bicyclic) bond motifs is 1. The second-order valence-electron chi connectivity index (χ2n) is 4.00. The van der Waals surface area contributed by atoms with Gasteiger partial charge in [-0.3, -0.25) is 4.79 Å². The van der Waals surface area contributed by atoms with Gasteiger partial charge in [-0.1, -0.05) is 6.07 Å². The van der Waals surface area contributed by atoms with E-state index >= 15 is 0 Å². The molecular formula is C12H14N2O2. The molecule has 1 heterocycles. The van der Waals surface area contributed by atoms with Crippen molar-refractivity contribution in [3.8, 4) is 0 Å². The van der Waals surface area contributed by atoms with Crippen molar-refractivity contribution in [3.05, 3.63) is 35.5 Å². The summed E-state index contributed by atoms with van der Waals surface area (Å²) in [5.41, 5.74) is 8.67. The number of aromatic nitrogens is 1. The van der Waals surface area contributed by atoms with Crippen LogP contribution in [0.2, 0.25) is 0 Å². The number of H-pyrrole nitrogens is 1. The molecule has 0 fully saturated rings. The summed E-state index contributed by atoms with van der Waals surface area (Å²) in [5.74, 6) is -0.966. The first-order chi connectivity index (χ1) is 7.58. The maximum absolute atomic E-state index is 10.7. The molecule has 16 heavy (non-hydrogen) atoms. The number of carbonyl (C=O) groups is 1. The summed E-state index contributed by atoms with van der Waals surface area (Å²) in [5, 5.41) is 9.85. The highest BCUT2D eigenvalue weighted by atomic mass is 16.4. The summed E-state index contributed by atoms with van der Waals surface area (Å²) in [4.78, 5) is 13.8. The van der Waals surface area contributed by atoms with Crippen molar-refractivity contribution in [3.63, 3.8) is 0 Å². The van der Waals surface area contributed by atoms with Gasteiger partial charge in [-0.05, 0) is 42.0 Å². The number of benzene rings is 1. The third kappa shape index (κ3) is 1.92. The number of nitrogens with one attached hydrogen (secondary N) is 1. The number of rotatable bonds is 3. The Balaban J connectivity index is 2.35. The van der Waals surface area contributed by atoms with Crippen LogP contribution in [-0.4, -0.2) is 22.1 Å². The molecule has 84 valence electrons. The van der Waals surface area contributed by atoms with Crippen LogP contribution < -0.4 is 5.73 Å². The van der Waals surface area contributed by atoms with Gasteiger partial charge in [0.25, 0.3) is 0 Å². The van der Waals surface area contributed by atoms with E-state index in [-0.39, 0.29) is 0 Å². The van der Waals surface area contributed by atoms with Crippen molar-refractivity contribution in [2.75, 3.05) is 0 Å². The Morgan fingerprint density at radius 1 is 1.56 bits per heavy atom. The normalized spacial score (nSPS) is 12.9. The molecule has 4 N–H and O–H groups in total. The van der Waals surface area contributed by atoms with Crippen molar-refractivity contribution >= 4 is 16.9 Å². The fourth-order valence-electron chi connectivity index (χ4n) is 1.89. The lowest BCUT2D eigenvalue weighted by molar-refractivity contribution is -0.138. The maximum atomic E-state index is 10.7. The molecule has 2 rings (SSSR count). The zero-order chi connectivity index (χ0) is 11.7. The summed E-state index contributed by atoms with van der Waals surface area (Å²) >= 11 is 0. The highest BCUT2D eigenvalue weighted by molar-refractivity contribution is 5.83. The third-order valence-corrected chi connectivity index (χ3v) is 2.69. The Kier molecular flexibility index (Phi) is 2.66. The molecule has 2 aromatic rings. The Morgan fingerprint density at radius 3 is 3.00 bits per heavy atom. The van der Waals surface area contributed by atoms with Gasteiger partial charge in [0.1, 0.15) is 6.04 Å². The molecule has 0 aliphatic carbocycles. The van der Waals surface area contributed by atoms with Gasteiger partial charge in [0.05, 0.1) is 0 Å². The Morgan fingerprint density at radius 2 is 2.31 bits per heavy atom. The second kappa shape index (κ2) is 3.98. The van der Waals surface area contributed by atoms with Crippen molar-refractivity contribution in [1.29, 1.82) is 0 Å². The van der Waals surface area contributed by atoms with E-state index in [1.807, 2.05) is 31.3 Å². The lowest BCUT2D eigenvalue weighted by atomic mass is 10.0. The fraction of sp³-hybridized carbons (Fsp3) is 0.250. The average molecular weight is 218 g/mol. The van der Waals surface area contributed by atoms with E-state index in [2.05, 4.69) is 4.98 Å². The van der Waals surface area contributed by atoms with Gasteiger partial charge in [0.15, 0.2) is 0 Å². The lowest BCUT2D eigenvalue weighted by Gasteiger charge is -2.08. The molecule has 0 saturated carbocycles. The number of aliphatic carboxylic acids is 1. The van der Waals surface area contributed by atoms with Gasteiger partial charge in [0, 0.05) is 11.7 Å². The van der Waals surface area contributed by atoms with E-state index in [9.17, 15) is 4.79 Å². The molecular weight excluding hydrogens is 204 g/mol. The fourth-order valence-corrected chi connectivity index (χ4v) is 1.89. The molecule has 1 aromatic heterocycles. The van der Waals surface area contributed by atoms with E-state index < -0.39 is 12.0 Å². The van der Waals surface area contributed by atoms with Gasteiger partial charge < -0.3 is 15.8 Å².